The van der Waals surface area contributed by atoms with Crippen LogP contribution in [0.4, 0.5) is 0 Å². The second-order valence-corrected chi connectivity index (χ2v) is 11.8. The second kappa shape index (κ2) is 17.1. The van der Waals surface area contributed by atoms with Gasteiger partial charge in [-0.25, -0.2) is 11.6 Å². The Kier molecular flexibility index (Phi) is 14.5. The van der Waals surface area contributed by atoms with Crippen LogP contribution in [-0.2, 0) is 30.7 Å². The van der Waals surface area contributed by atoms with Gasteiger partial charge in [-0.15, -0.1) is 23.8 Å². The Balaban J connectivity index is 0.000000231. The molecule has 0 saturated heterocycles. The third kappa shape index (κ3) is 9.57. The van der Waals surface area contributed by atoms with Crippen LogP contribution in [0.3, 0.4) is 0 Å². The summed E-state index contributed by atoms with van der Waals surface area (Å²) >= 11 is 13.3. The minimum atomic E-state index is 0. The van der Waals surface area contributed by atoms with Gasteiger partial charge >= 0.3 is 120 Å². The SMILES string of the molecule is C=Cc1c[c-]c2c(c1)-c1cc(C=C)ccc1C2.Cc1c[cH-]c(C)c1.Clc1cccc([C](=[Zr+2])c2cccc(Cl)c2)c1.[Cl-].[Cl-]. The number of hydrogen-bond acceptors (Lipinski definition) is 0. The Bertz CT molecular complexity index is 1560. The first-order chi connectivity index (χ1) is 19.3. The van der Waals surface area contributed by atoms with E-state index in [4.69, 9.17) is 23.2 Å². The monoisotopic (exact) mass is 704 g/mol. The summed E-state index contributed by atoms with van der Waals surface area (Å²) in [7, 11) is 0. The molecule has 0 bridgehead atoms. The zero-order valence-electron chi connectivity index (χ0n) is 23.5. The van der Waals surface area contributed by atoms with E-state index in [2.05, 4.69) is 87.7 Å². The summed E-state index contributed by atoms with van der Waals surface area (Å²) in [6, 6.07) is 36.3. The van der Waals surface area contributed by atoms with Gasteiger partial charge in [-0.1, -0.05) is 55.8 Å². The molecular formula is C37H30Cl4Zr-2. The summed E-state index contributed by atoms with van der Waals surface area (Å²) in [5.41, 5.74) is 12.6. The van der Waals surface area contributed by atoms with Crippen molar-refractivity contribution in [1.82, 2.24) is 0 Å². The van der Waals surface area contributed by atoms with Crippen molar-refractivity contribution in [2.24, 2.45) is 0 Å². The maximum Gasteiger partial charge on any atom is -1.00 e. The van der Waals surface area contributed by atoms with Crippen LogP contribution in [0.2, 0.25) is 10.0 Å². The van der Waals surface area contributed by atoms with Gasteiger partial charge in [0.25, 0.3) is 0 Å². The summed E-state index contributed by atoms with van der Waals surface area (Å²) < 4.78 is 1.26. The molecule has 0 N–H and O–H groups in total. The van der Waals surface area contributed by atoms with Gasteiger partial charge in [-0.2, -0.15) is 41.5 Å². The van der Waals surface area contributed by atoms with E-state index in [9.17, 15) is 0 Å². The Morgan fingerprint density at radius 2 is 1.40 bits per heavy atom. The third-order valence-electron chi connectivity index (χ3n) is 6.60. The van der Waals surface area contributed by atoms with E-state index in [1.54, 1.807) is 0 Å². The van der Waals surface area contributed by atoms with Gasteiger partial charge in [0, 0.05) is 0 Å². The molecule has 212 valence electrons. The molecule has 0 atom stereocenters. The Labute approximate surface area is 287 Å². The molecule has 1 aliphatic rings. The van der Waals surface area contributed by atoms with Gasteiger partial charge in [-0.05, 0) is 12.0 Å². The third-order valence-corrected chi connectivity index (χ3v) is 8.49. The zero-order valence-corrected chi connectivity index (χ0v) is 29.0. The van der Waals surface area contributed by atoms with E-state index in [1.807, 2.05) is 54.6 Å². The van der Waals surface area contributed by atoms with Gasteiger partial charge in [0.1, 0.15) is 0 Å². The summed E-state index contributed by atoms with van der Waals surface area (Å²) in [6.45, 7) is 11.8. The molecule has 5 aromatic rings. The first-order valence-electron chi connectivity index (χ1n) is 13.0. The van der Waals surface area contributed by atoms with Crippen LogP contribution in [0.1, 0.15) is 44.5 Å². The van der Waals surface area contributed by atoms with E-state index < -0.39 is 0 Å². The Morgan fingerprint density at radius 1 is 0.810 bits per heavy atom. The van der Waals surface area contributed by atoms with Crippen molar-refractivity contribution < 1.29 is 49.0 Å². The van der Waals surface area contributed by atoms with E-state index in [0.29, 0.717) is 0 Å². The molecule has 0 aromatic heterocycles. The van der Waals surface area contributed by atoms with Crippen molar-refractivity contribution in [3.05, 3.63) is 171 Å². The molecule has 0 unspecified atom stereocenters. The maximum atomic E-state index is 5.98. The van der Waals surface area contributed by atoms with Crippen LogP contribution in [-0.4, -0.2) is 3.21 Å². The minimum absolute atomic E-state index is 0. The molecular weight excluding hydrogens is 677 g/mol. The van der Waals surface area contributed by atoms with Crippen molar-refractivity contribution in [3.8, 4) is 11.1 Å². The molecule has 0 spiro atoms. The summed E-state index contributed by atoms with van der Waals surface area (Å²) in [6.07, 6.45) is 4.74. The van der Waals surface area contributed by atoms with Crippen molar-refractivity contribution in [1.29, 1.82) is 0 Å². The molecule has 1 aliphatic carbocycles. The standard InChI is InChI=1S/C17H13.C13H8Cl2.C7H9.2ClH.Zr/c1-3-12-5-7-14-11-15-8-6-13(4-2)10-17(15)16(14)9-12;14-12-5-1-3-10(8-12)7-11-4-2-6-13(15)9-11;1-6-3-4-7(2)5-6;;;/h3-7,9-10H,1-2,11H2;1-6,8-9H;3-5H,1-2H3;2*1H;/q-1;;-1;;;+2/p-2. The normalized spacial score (nSPS) is 10.2. The molecule has 0 heterocycles. The van der Waals surface area contributed by atoms with Gasteiger partial charge in [0.2, 0.25) is 0 Å². The molecule has 42 heavy (non-hydrogen) atoms. The topological polar surface area (TPSA) is 0 Å². The quantitative estimate of drug-likeness (QED) is 0.237. The van der Waals surface area contributed by atoms with E-state index >= 15 is 0 Å². The van der Waals surface area contributed by atoms with Crippen LogP contribution < -0.4 is 24.8 Å². The molecule has 0 radical (unpaired) electrons. The number of fused-ring (bicyclic) bond motifs is 3. The van der Waals surface area contributed by atoms with Gasteiger partial charge in [-0.3, -0.25) is 0 Å². The van der Waals surface area contributed by atoms with Crippen LogP contribution >= 0.6 is 23.2 Å². The largest absolute Gasteiger partial charge is 1.00 e. The molecule has 0 aliphatic heterocycles. The van der Waals surface area contributed by atoms with Crippen molar-refractivity contribution in [2.75, 3.05) is 0 Å². The predicted molar refractivity (Wildman–Crippen MR) is 171 cm³/mol. The molecule has 0 saturated carbocycles. The van der Waals surface area contributed by atoms with Crippen molar-refractivity contribution in [3.63, 3.8) is 0 Å². The average Bonchev–Trinajstić information content (AvgIpc) is 3.53. The van der Waals surface area contributed by atoms with Gasteiger partial charge in [0.05, 0.1) is 0 Å². The fourth-order valence-electron chi connectivity index (χ4n) is 4.54. The number of benzene rings is 4. The Morgan fingerprint density at radius 3 is 1.88 bits per heavy atom. The average molecular weight is 708 g/mol. The van der Waals surface area contributed by atoms with Crippen LogP contribution in [0.5, 0.6) is 0 Å². The number of rotatable bonds is 4. The van der Waals surface area contributed by atoms with E-state index in [1.165, 1.54) is 66.4 Å². The van der Waals surface area contributed by atoms with Crippen molar-refractivity contribution >= 4 is 38.6 Å². The van der Waals surface area contributed by atoms with Gasteiger partial charge in [0.15, 0.2) is 0 Å². The summed E-state index contributed by atoms with van der Waals surface area (Å²) in [5, 5.41) is 1.53. The molecule has 0 nitrogen and oxygen atoms in total. The fraction of sp³-hybridized carbons (Fsp3) is 0.0811. The van der Waals surface area contributed by atoms with Crippen LogP contribution in [0.25, 0.3) is 23.3 Å². The Hall–Kier alpha value is -2.38. The van der Waals surface area contributed by atoms with Crippen molar-refractivity contribution in [2.45, 2.75) is 20.3 Å². The summed E-state index contributed by atoms with van der Waals surface area (Å²) in [5.74, 6) is 0. The number of halogens is 4. The second-order valence-electron chi connectivity index (χ2n) is 9.69. The smallest absolute Gasteiger partial charge is 1.00 e. The number of aryl methyl sites for hydroxylation is 2. The fourth-order valence-corrected chi connectivity index (χ4v) is 5.68. The van der Waals surface area contributed by atoms with Gasteiger partial charge < -0.3 is 24.8 Å². The molecule has 6 rings (SSSR count). The zero-order chi connectivity index (χ0) is 28.6. The first-order valence-corrected chi connectivity index (χ1v) is 15.0. The van der Waals surface area contributed by atoms with Crippen LogP contribution in [0, 0.1) is 19.9 Å². The number of hydrogen-bond donors (Lipinski definition) is 0. The maximum absolute atomic E-state index is 5.98. The molecule has 0 amide bonds. The first kappa shape index (κ1) is 35.8. The molecule has 5 heteroatoms. The predicted octanol–water partition coefficient (Wildman–Crippen LogP) is 4.48. The molecule has 0 fully saturated rings. The van der Waals surface area contributed by atoms with Crippen LogP contribution in [0.15, 0.2) is 110 Å². The molecule has 5 aromatic carbocycles. The van der Waals surface area contributed by atoms with E-state index in [0.717, 1.165) is 33.2 Å². The summed E-state index contributed by atoms with van der Waals surface area (Å²) in [4.78, 5) is 0. The minimum Gasteiger partial charge on any atom is -1.00 e. The van der Waals surface area contributed by atoms with E-state index in [-0.39, 0.29) is 24.8 Å².